The molecular weight excluding hydrogens is 463 g/mol. The summed E-state index contributed by atoms with van der Waals surface area (Å²) in [7, 11) is 0. The minimum Gasteiger partial charge on any atom is -0.459 e. The van der Waals surface area contributed by atoms with Crippen molar-refractivity contribution in [1.29, 1.82) is 0 Å². The number of nitrogens with zero attached hydrogens (tertiary/aromatic N) is 3. The molecule has 0 atom stereocenters. The number of piperazine rings is 1. The number of rotatable bonds is 5. The summed E-state index contributed by atoms with van der Waals surface area (Å²) in [5.74, 6) is 0.995. The zero-order valence-electron chi connectivity index (χ0n) is 16.8. The van der Waals surface area contributed by atoms with Gasteiger partial charge in [0.2, 0.25) is 0 Å². The Kier molecular flexibility index (Phi) is 6.66. The summed E-state index contributed by atoms with van der Waals surface area (Å²) in [6, 6.07) is 12.6. The molecule has 1 aromatic carbocycles. The largest absolute Gasteiger partial charge is 0.459 e. The van der Waals surface area contributed by atoms with E-state index in [1.54, 1.807) is 27.6 Å². The first kappa shape index (κ1) is 22.5. The molecule has 0 saturated carbocycles. The molecule has 1 aliphatic rings. The number of hydrogen-bond acceptors (Lipinski definition) is 5. The summed E-state index contributed by atoms with van der Waals surface area (Å²) in [5, 5.41) is -0.0640. The van der Waals surface area contributed by atoms with E-state index in [0.717, 1.165) is 22.7 Å². The van der Waals surface area contributed by atoms with Crippen LogP contribution in [-0.2, 0) is 11.9 Å². The maximum Gasteiger partial charge on any atom is 0.417 e. The first-order chi connectivity index (χ1) is 15.3. The van der Waals surface area contributed by atoms with E-state index in [2.05, 4.69) is 4.98 Å². The molecule has 10 heteroatoms. The molecule has 1 amide bonds. The lowest BCUT2D eigenvalue weighted by Gasteiger charge is -2.35. The second-order valence-electron chi connectivity index (χ2n) is 7.18. The fourth-order valence-electron chi connectivity index (χ4n) is 3.40. The number of carbonyl (C=O) groups is 1. The molecule has 3 aromatic rings. The van der Waals surface area contributed by atoms with E-state index >= 15 is 0 Å². The van der Waals surface area contributed by atoms with Crippen molar-refractivity contribution < 1.29 is 22.4 Å². The fraction of sp³-hybridized carbons (Fsp3) is 0.273. The van der Waals surface area contributed by atoms with Gasteiger partial charge in [-0.1, -0.05) is 29.8 Å². The number of furan rings is 1. The number of anilines is 1. The normalized spacial score (nSPS) is 14.6. The Hall–Kier alpha value is -2.65. The van der Waals surface area contributed by atoms with Gasteiger partial charge in [0, 0.05) is 48.6 Å². The molecular formula is C22H19ClF3N3O2S. The molecule has 1 saturated heterocycles. The third-order valence-electron chi connectivity index (χ3n) is 5.09. The Morgan fingerprint density at radius 2 is 1.84 bits per heavy atom. The Morgan fingerprint density at radius 1 is 1.12 bits per heavy atom. The molecule has 32 heavy (non-hydrogen) atoms. The van der Waals surface area contributed by atoms with Gasteiger partial charge in [0.05, 0.1) is 16.8 Å². The average Bonchev–Trinajstić information content (AvgIpc) is 3.26. The summed E-state index contributed by atoms with van der Waals surface area (Å²) in [6.07, 6.45) is -2.21. The van der Waals surface area contributed by atoms with Crippen molar-refractivity contribution in [3.8, 4) is 0 Å². The monoisotopic (exact) mass is 481 g/mol. The van der Waals surface area contributed by atoms with Gasteiger partial charge in [0.1, 0.15) is 5.82 Å². The lowest BCUT2D eigenvalue weighted by atomic mass is 10.2. The van der Waals surface area contributed by atoms with Crippen molar-refractivity contribution in [2.45, 2.75) is 16.8 Å². The molecule has 0 spiro atoms. The first-order valence-electron chi connectivity index (χ1n) is 9.84. The molecule has 0 bridgehead atoms. The second-order valence-corrected chi connectivity index (χ2v) is 8.64. The number of halogens is 4. The van der Waals surface area contributed by atoms with Crippen LogP contribution in [0.5, 0.6) is 0 Å². The van der Waals surface area contributed by atoms with Gasteiger partial charge >= 0.3 is 6.18 Å². The van der Waals surface area contributed by atoms with Crippen LogP contribution in [0.3, 0.4) is 0 Å². The molecule has 0 aliphatic carbocycles. The number of amides is 1. The van der Waals surface area contributed by atoms with Crippen molar-refractivity contribution in [3.05, 3.63) is 76.8 Å². The Bertz CT molecular complexity index is 1080. The molecule has 0 unspecified atom stereocenters. The van der Waals surface area contributed by atoms with E-state index in [1.807, 2.05) is 30.3 Å². The molecule has 5 nitrogen and oxygen atoms in total. The SMILES string of the molecule is O=C(c1occc1CSc1ccccc1)N1CCN(c2ncc(C(F)(F)F)cc2Cl)CC1. The summed E-state index contributed by atoms with van der Waals surface area (Å²) in [6.45, 7) is 1.56. The Balaban J connectivity index is 1.38. The van der Waals surface area contributed by atoms with E-state index in [0.29, 0.717) is 37.7 Å². The number of hydrogen-bond donors (Lipinski definition) is 0. The van der Waals surface area contributed by atoms with E-state index in [4.69, 9.17) is 16.0 Å². The predicted octanol–water partition coefficient (Wildman–Crippen LogP) is 5.60. The van der Waals surface area contributed by atoms with Gasteiger partial charge in [-0.15, -0.1) is 11.8 Å². The molecule has 2 aromatic heterocycles. The molecule has 0 radical (unpaired) electrons. The average molecular weight is 482 g/mol. The molecule has 3 heterocycles. The number of alkyl halides is 3. The van der Waals surface area contributed by atoms with Gasteiger partial charge < -0.3 is 14.2 Å². The highest BCUT2D eigenvalue weighted by atomic mass is 35.5. The lowest BCUT2D eigenvalue weighted by molar-refractivity contribution is -0.137. The molecule has 1 fully saturated rings. The van der Waals surface area contributed by atoms with Crippen molar-refractivity contribution >= 4 is 35.1 Å². The van der Waals surface area contributed by atoms with Crippen LogP contribution in [0.25, 0.3) is 0 Å². The zero-order valence-corrected chi connectivity index (χ0v) is 18.4. The van der Waals surface area contributed by atoms with Crippen LogP contribution in [0.1, 0.15) is 21.7 Å². The highest BCUT2D eigenvalue weighted by Gasteiger charge is 2.33. The summed E-state index contributed by atoms with van der Waals surface area (Å²) in [5.41, 5.74) is -0.0717. The summed E-state index contributed by atoms with van der Waals surface area (Å²) < 4.78 is 44.0. The van der Waals surface area contributed by atoms with Gasteiger partial charge in [-0.2, -0.15) is 13.2 Å². The van der Waals surface area contributed by atoms with Crippen molar-refractivity contribution in [2.75, 3.05) is 31.1 Å². The van der Waals surface area contributed by atoms with Crippen LogP contribution in [0.2, 0.25) is 5.02 Å². The summed E-state index contributed by atoms with van der Waals surface area (Å²) in [4.78, 5) is 21.4. The number of carbonyl (C=O) groups excluding carboxylic acids is 1. The maximum atomic E-state index is 13.0. The number of benzene rings is 1. The Morgan fingerprint density at radius 3 is 2.50 bits per heavy atom. The molecule has 0 N–H and O–H groups in total. The van der Waals surface area contributed by atoms with Gasteiger partial charge in [-0.25, -0.2) is 4.98 Å². The van der Waals surface area contributed by atoms with Crippen molar-refractivity contribution in [3.63, 3.8) is 0 Å². The zero-order chi connectivity index (χ0) is 22.7. The third kappa shape index (κ3) is 5.05. The quantitative estimate of drug-likeness (QED) is 0.444. The van der Waals surface area contributed by atoms with Gasteiger partial charge in [0.15, 0.2) is 5.76 Å². The van der Waals surface area contributed by atoms with Crippen molar-refractivity contribution in [2.24, 2.45) is 0 Å². The predicted molar refractivity (Wildman–Crippen MR) is 117 cm³/mol. The Labute approximate surface area is 192 Å². The lowest BCUT2D eigenvalue weighted by Crippen LogP contribution is -2.49. The van der Waals surface area contributed by atoms with E-state index < -0.39 is 11.7 Å². The summed E-state index contributed by atoms with van der Waals surface area (Å²) >= 11 is 7.67. The molecule has 4 rings (SSSR count). The van der Waals surface area contributed by atoms with Gasteiger partial charge in [-0.05, 0) is 24.3 Å². The topological polar surface area (TPSA) is 49.6 Å². The van der Waals surface area contributed by atoms with Crippen LogP contribution in [0.4, 0.5) is 19.0 Å². The highest BCUT2D eigenvalue weighted by Crippen LogP contribution is 2.34. The molecule has 1 aliphatic heterocycles. The highest BCUT2D eigenvalue weighted by molar-refractivity contribution is 7.98. The van der Waals surface area contributed by atoms with Crippen LogP contribution in [-0.4, -0.2) is 42.0 Å². The van der Waals surface area contributed by atoms with Crippen LogP contribution in [0.15, 0.2) is 64.2 Å². The third-order valence-corrected chi connectivity index (χ3v) is 6.43. The van der Waals surface area contributed by atoms with E-state index in [-0.39, 0.29) is 16.7 Å². The first-order valence-corrected chi connectivity index (χ1v) is 11.2. The van der Waals surface area contributed by atoms with Crippen LogP contribution >= 0.6 is 23.4 Å². The minimum atomic E-state index is -4.50. The minimum absolute atomic E-state index is 0.0640. The van der Waals surface area contributed by atoms with Crippen LogP contribution in [0, 0.1) is 0 Å². The standard InChI is InChI=1S/C22H19ClF3N3O2S/c23-18-12-16(22(24,25)26)13-27-20(18)28-7-9-29(10-8-28)21(30)19-15(6-11-31-19)14-32-17-4-2-1-3-5-17/h1-6,11-13H,7-10,14H2. The maximum absolute atomic E-state index is 13.0. The number of aromatic nitrogens is 1. The van der Waals surface area contributed by atoms with E-state index in [9.17, 15) is 18.0 Å². The van der Waals surface area contributed by atoms with Gasteiger partial charge in [-0.3, -0.25) is 4.79 Å². The van der Waals surface area contributed by atoms with Crippen LogP contribution < -0.4 is 4.90 Å². The molecule has 168 valence electrons. The fourth-order valence-corrected chi connectivity index (χ4v) is 4.58. The smallest absolute Gasteiger partial charge is 0.417 e. The second kappa shape index (κ2) is 9.46. The van der Waals surface area contributed by atoms with Crippen molar-refractivity contribution in [1.82, 2.24) is 9.88 Å². The van der Waals surface area contributed by atoms with Gasteiger partial charge in [0.25, 0.3) is 5.91 Å². The van der Waals surface area contributed by atoms with E-state index in [1.165, 1.54) is 6.26 Å². The number of pyridine rings is 1. The number of thioether (sulfide) groups is 1.